The average molecular weight is 730 g/mol. The van der Waals surface area contributed by atoms with Crippen molar-refractivity contribution in [1.82, 2.24) is 0 Å². The number of phenols is 1. The Labute approximate surface area is 339 Å². The zero-order chi connectivity index (χ0) is 30.0. The first-order chi connectivity index (χ1) is 18.2. The maximum absolute atomic E-state index is 12.2. The first kappa shape index (κ1) is 44.2. The maximum atomic E-state index is 12.2. The number of fused-ring (bicyclic) bond motifs is 2. The van der Waals surface area contributed by atoms with Gasteiger partial charge in [0.1, 0.15) is 26.1 Å². The molecule has 0 aliphatic rings. The fraction of sp³-hybridized carbons (Fsp3) is 0. The van der Waals surface area contributed by atoms with Crippen molar-refractivity contribution < 1.29 is 57.0 Å². The number of hydrogen-bond donors (Lipinski definition) is 6. The van der Waals surface area contributed by atoms with Crippen LogP contribution < -0.4 is 5.73 Å². The van der Waals surface area contributed by atoms with Crippen molar-refractivity contribution in [2.24, 2.45) is 10.2 Å². The topological polar surface area (TPSA) is 288 Å². The molecule has 7 N–H and O–H groups in total. The summed E-state index contributed by atoms with van der Waals surface area (Å²) in [5, 5.41) is 16.3. The van der Waals surface area contributed by atoms with Crippen LogP contribution in [0, 0.1) is 0 Å². The number of hydrogen-bond acceptors (Lipinski definition) is 12. The van der Waals surface area contributed by atoms with E-state index in [1.54, 1.807) is 0 Å². The molecule has 16 nitrogen and oxygen atoms in total. The number of aromatic hydroxyl groups is 1. The number of rotatable bonds is 6. The van der Waals surface area contributed by atoms with Gasteiger partial charge >= 0.3 is 118 Å². The van der Waals surface area contributed by atoms with Crippen LogP contribution in [0.1, 0.15) is 0 Å². The fourth-order valence-corrected chi connectivity index (χ4v) is 6.65. The van der Waals surface area contributed by atoms with Crippen LogP contribution in [0.2, 0.25) is 0 Å². The molecule has 0 aliphatic carbocycles. The Hall–Kier alpha value is 0.240. The zero-order valence-electron chi connectivity index (χ0n) is 19.2. The monoisotopic (exact) mass is 729 g/mol. The van der Waals surface area contributed by atoms with Crippen LogP contribution in [0.3, 0.4) is 0 Å². The Morgan fingerprint density at radius 3 is 1.68 bits per heavy atom. The number of nitrogen functional groups attached to an aromatic ring is 1. The minimum absolute atomic E-state index is 0. The minimum atomic E-state index is -5.24. The summed E-state index contributed by atoms with van der Waals surface area (Å²) in [6, 6.07) is 7.04. The molecular weight excluding hydrogens is 710 g/mol. The number of nitrogens with zero attached hydrogens (tertiary/aromatic N) is 2. The third kappa shape index (κ3) is 9.23. The van der Waals surface area contributed by atoms with Gasteiger partial charge in [0.15, 0.2) is 5.75 Å². The predicted molar refractivity (Wildman–Crippen MR) is 166 cm³/mol. The third-order valence-electron chi connectivity index (χ3n) is 5.47. The van der Waals surface area contributed by atoms with Gasteiger partial charge in [-0.25, -0.2) is 0 Å². The zero-order valence-corrected chi connectivity index (χ0v) is 22.5. The van der Waals surface area contributed by atoms with E-state index in [1.165, 1.54) is 0 Å². The van der Waals surface area contributed by atoms with Crippen molar-refractivity contribution in [3.63, 3.8) is 0 Å². The van der Waals surface area contributed by atoms with Gasteiger partial charge in [0.05, 0.1) is 4.90 Å². The molecule has 220 valence electrons. The number of azo groups is 1. The Balaban J connectivity index is 0.00000462. The van der Waals surface area contributed by atoms with Gasteiger partial charge < -0.3 is 10.8 Å². The van der Waals surface area contributed by atoms with E-state index in [4.69, 9.17) is 5.73 Å². The number of phenolic OH excluding ortho intramolecular Hbond substituents is 1. The normalized spacial score (nSPS) is 12.2. The van der Waals surface area contributed by atoms with Gasteiger partial charge in [0, 0.05) is 21.8 Å². The fourth-order valence-electron chi connectivity index (χ4n) is 3.90. The summed E-state index contributed by atoms with van der Waals surface area (Å²) in [5.74, 6) is -1.06. The van der Waals surface area contributed by atoms with Crippen LogP contribution >= 0.6 is 0 Å². The standard InChI is InChI=1S/C20H15N3O13S4.4Na.4H/c21-13-8-10(37(25,26)27)6-9-7-16(39(31,32)33)18(19(24)17(9)13)23-22-14-5-4-11-12(20(14)40(34,35)36)2-1-3-15(11)38(28,29)30;;;;;;;;/h1-8,24H,21H2,(H,25,26,27)(H,28,29,30)(H,31,32,33)(H,34,35,36);;;;;;;;. The van der Waals surface area contributed by atoms with Crippen molar-refractivity contribution in [3.05, 3.63) is 48.5 Å². The van der Waals surface area contributed by atoms with Gasteiger partial charge in [-0.15, -0.1) is 10.2 Å². The van der Waals surface area contributed by atoms with E-state index in [2.05, 4.69) is 10.2 Å². The molecule has 0 saturated carbocycles. The van der Waals surface area contributed by atoms with E-state index < -0.39 is 88.3 Å². The predicted octanol–water partition coefficient (Wildman–Crippen LogP) is 0.0890. The Morgan fingerprint density at radius 1 is 0.614 bits per heavy atom. The van der Waals surface area contributed by atoms with Crippen molar-refractivity contribution >= 4 is 197 Å². The van der Waals surface area contributed by atoms with Gasteiger partial charge in [-0.1, -0.05) is 18.2 Å². The molecule has 4 rings (SSSR count). The van der Waals surface area contributed by atoms with E-state index in [1.807, 2.05) is 0 Å². The molecule has 0 radical (unpaired) electrons. The number of nitrogens with two attached hydrogens (primary N) is 1. The Kier molecular flexibility index (Phi) is 15.7. The van der Waals surface area contributed by atoms with E-state index in [0.29, 0.717) is 6.07 Å². The SMILES string of the molecule is Nc1cc(S(=O)(=O)O)cc2cc(S(=O)(=O)O)c(N=Nc3ccc4c(S(=O)(=O)O)cccc4c3S(=O)(=O)O)c(O)c12.[NaH].[NaH].[NaH].[NaH]. The molecule has 0 atom stereocenters. The van der Waals surface area contributed by atoms with Crippen LogP contribution in [-0.2, 0) is 40.5 Å². The number of benzene rings is 4. The van der Waals surface area contributed by atoms with Gasteiger partial charge in [-0.05, 0) is 35.7 Å². The van der Waals surface area contributed by atoms with E-state index >= 15 is 0 Å². The third-order valence-corrected chi connectivity index (χ3v) is 9.03. The second-order valence-electron chi connectivity index (χ2n) is 8.05. The number of anilines is 1. The summed E-state index contributed by atoms with van der Waals surface area (Å²) in [6.45, 7) is 0. The van der Waals surface area contributed by atoms with Crippen LogP contribution in [-0.4, -0.2) is 175 Å². The molecule has 0 amide bonds. The Morgan fingerprint density at radius 2 is 1.18 bits per heavy atom. The van der Waals surface area contributed by atoms with Crippen LogP contribution in [0.15, 0.2) is 78.3 Å². The molecular formula is C20H19N3Na4O13S4. The molecule has 0 aliphatic heterocycles. The molecule has 0 bridgehead atoms. The molecule has 4 aromatic carbocycles. The second-order valence-corrected chi connectivity index (χ2v) is 13.6. The Bertz CT molecular complexity index is 2250. The molecule has 44 heavy (non-hydrogen) atoms. The van der Waals surface area contributed by atoms with Crippen molar-refractivity contribution in [3.8, 4) is 5.75 Å². The van der Waals surface area contributed by atoms with Gasteiger partial charge in [0.2, 0.25) is 0 Å². The van der Waals surface area contributed by atoms with Crippen LogP contribution in [0.4, 0.5) is 17.1 Å². The molecule has 0 heterocycles. The second kappa shape index (κ2) is 15.6. The van der Waals surface area contributed by atoms with Crippen LogP contribution in [0.5, 0.6) is 5.75 Å². The van der Waals surface area contributed by atoms with Crippen molar-refractivity contribution in [2.75, 3.05) is 5.73 Å². The molecule has 24 heteroatoms. The molecule has 4 aromatic rings. The van der Waals surface area contributed by atoms with Crippen LogP contribution in [0.25, 0.3) is 21.5 Å². The molecule has 0 saturated heterocycles. The quantitative estimate of drug-likeness (QED) is 0.0664. The molecule has 0 spiro atoms. The van der Waals surface area contributed by atoms with E-state index in [0.717, 1.165) is 42.5 Å². The molecule has 0 aromatic heterocycles. The molecule has 0 unspecified atom stereocenters. The first-order valence-corrected chi connectivity index (χ1v) is 15.9. The van der Waals surface area contributed by atoms with E-state index in [-0.39, 0.29) is 134 Å². The summed E-state index contributed by atoms with van der Waals surface area (Å²) < 4.78 is 133. The average Bonchev–Trinajstić information content (AvgIpc) is 2.79. The summed E-state index contributed by atoms with van der Waals surface area (Å²) in [6.07, 6.45) is 0. The van der Waals surface area contributed by atoms with Gasteiger partial charge in [-0.3, -0.25) is 18.2 Å². The van der Waals surface area contributed by atoms with Gasteiger partial charge in [-0.2, -0.15) is 33.7 Å². The first-order valence-electron chi connectivity index (χ1n) is 10.2. The van der Waals surface area contributed by atoms with E-state index in [9.17, 15) is 57.0 Å². The summed E-state index contributed by atoms with van der Waals surface area (Å²) >= 11 is 0. The summed E-state index contributed by atoms with van der Waals surface area (Å²) in [7, 11) is -20.1. The molecule has 0 fully saturated rings. The summed E-state index contributed by atoms with van der Waals surface area (Å²) in [5.41, 5.74) is 3.61. The summed E-state index contributed by atoms with van der Waals surface area (Å²) in [4.78, 5) is -3.63. The van der Waals surface area contributed by atoms with Gasteiger partial charge in [0.25, 0.3) is 40.5 Å². The van der Waals surface area contributed by atoms with Crippen molar-refractivity contribution in [2.45, 2.75) is 19.6 Å². The van der Waals surface area contributed by atoms with Crippen molar-refractivity contribution in [1.29, 1.82) is 0 Å².